The van der Waals surface area contributed by atoms with Crippen LogP contribution in [0.15, 0.2) is 0 Å². The Morgan fingerprint density at radius 1 is 1.13 bits per heavy atom. The summed E-state index contributed by atoms with van der Waals surface area (Å²) in [7, 11) is -3.23. The molecular formula is C16H30N2O4S. The molecule has 2 saturated heterocycles. The van der Waals surface area contributed by atoms with Crippen LogP contribution in [0.5, 0.6) is 0 Å². The second-order valence-electron chi connectivity index (χ2n) is 7.20. The molecule has 7 heteroatoms. The number of hydrogen-bond acceptors (Lipinski definition) is 5. The van der Waals surface area contributed by atoms with Crippen LogP contribution >= 0.6 is 0 Å². The van der Waals surface area contributed by atoms with Gasteiger partial charge in [-0.2, -0.15) is 0 Å². The number of morpholine rings is 1. The van der Waals surface area contributed by atoms with Crippen molar-refractivity contribution in [3.8, 4) is 0 Å². The van der Waals surface area contributed by atoms with E-state index in [1.165, 1.54) is 0 Å². The summed E-state index contributed by atoms with van der Waals surface area (Å²) in [5, 5.41) is 0. The second-order valence-corrected chi connectivity index (χ2v) is 9.34. The van der Waals surface area contributed by atoms with Crippen molar-refractivity contribution >= 4 is 15.7 Å². The number of carbonyl (C=O) groups is 1. The summed E-state index contributed by atoms with van der Waals surface area (Å²) in [5.41, 5.74) is 0. The lowest BCUT2D eigenvalue weighted by molar-refractivity contribution is -0.129. The zero-order chi connectivity index (χ0) is 17.0. The van der Waals surface area contributed by atoms with Crippen molar-refractivity contribution in [3.05, 3.63) is 0 Å². The standard InChI is InChI=1S/C16H30N2O4S/c1-13-10-17(11-14(2)22-13)7-4-15-5-8-18(9-6-15)16(19)12-23(3,20)21/h13-15H,4-12H2,1-3H3/t13-,14+. The number of hydrogen-bond donors (Lipinski definition) is 0. The Labute approximate surface area is 140 Å². The molecule has 2 aliphatic rings. The Hall–Kier alpha value is -0.660. The van der Waals surface area contributed by atoms with E-state index in [1.54, 1.807) is 4.90 Å². The molecule has 2 fully saturated rings. The van der Waals surface area contributed by atoms with Gasteiger partial charge in [0.2, 0.25) is 5.91 Å². The zero-order valence-electron chi connectivity index (χ0n) is 14.5. The van der Waals surface area contributed by atoms with E-state index in [4.69, 9.17) is 4.74 Å². The highest BCUT2D eigenvalue weighted by molar-refractivity contribution is 7.91. The Bertz CT molecular complexity index is 490. The summed E-state index contributed by atoms with van der Waals surface area (Å²) < 4.78 is 28.2. The third kappa shape index (κ3) is 6.39. The molecule has 2 heterocycles. The van der Waals surface area contributed by atoms with Crippen molar-refractivity contribution in [3.63, 3.8) is 0 Å². The van der Waals surface area contributed by atoms with Gasteiger partial charge in [-0.15, -0.1) is 0 Å². The predicted molar refractivity (Wildman–Crippen MR) is 90.1 cm³/mol. The lowest BCUT2D eigenvalue weighted by Gasteiger charge is -2.37. The second kappa shape index (κ2) is 7.94. The molecule has 0 aliphatic carbocycles. The number of piperidine rings is 1. The van der Waals surface area contributed by atoms with Crippen LogP contribution in [0.1, 0.15) is 33.1 Å². The number of likely N-dealkylation sites (tertiary alicyclic amines) is 1. The number of rotatable bonds is 5. The lowest BCUT2D eigenvalue weighted by atomic mass is 9.93. The smallest absolute Gasteiger partial charge is 0.237 e. The van der Waals surface area contributed by atoms with Gasteiger partial charge in [0.15, 0.2) is 9.84 Å². The van der Waals surface area contributed by atoms with E-state index in [0.717, 1.165) is 45.2 Å². The van der Waals surface area contributed by atoms with Crippen LogP contribution in [-0.4, -0.2) is 81.1 Å². The van der Waals surface area contributed by atoms with Crippen LogP contribution in [0.2, 0.25) is 0 Å². The van der Waals surface area contributed by atoms with Gasteiger partial charge in [-0.05, 0) is 45.6 Å². The van der Waals surface area contributed by atoms with Crippen LogP contribution in [0.25, 0.3) is 0 Å². The highest BCUT2D eigenvalue weighted by Gasteiger charge is 2.26. The van der Waals surface area contributed by atoms with Crippen LogP contribution in [-0.2, 0) is 19.4 Å². The highest BCUT2D eigenvalue weighted by atomic mass is 32.2. The molecule has 0 aromatic heterocycles. The van der Waals surface area contributed by atoms with E-state index in [-0.39, 0.29) is 11.7 Å². The molecule has 0 N–H and O–H groups in total. The molecular weight excluding hydrogens is 316 g/mol. The largest absolute Gasteiger partial charge is 0.373 e. The maximum absolute atomic E-state index is 11.9. The molecule has 2 rings (SSSR count). The van der Waals surface area contributed by atoms with E-state index in [9.17, 15) is 13.2 Å². The number of nitrogens with zero attached hydrogens (tertiary/aromatic N) is 2. The minimum Gasteiger partial charge on any atom is -0.373 e. The van der Waals surface area contributed by atoms with Crippen molar-refractivity contribution in [1.29, 1.82) is 0 Å². The number of carbonyl (C=O) groups excluding carboxylic acids is 1. The Kier molecular flexibility index (Phi) is 6.45. The molecule has 1 amide bonds. The maximum atomic E-state index is 11.9. The molecule has 2 aliphatic heterocycles. The number of sulfone groups is 1. The summed E-state index contributed by atoms with van der Waals surface area (Å²) in [6, 6.07) is 0. The van der Waals surface area contributed by atoms with Crippen LogP contribution < -0.4 is 0 Å². The van der Waals surface area contributed by atoms with Crippen molar-refractivity contribution < 1.29 is 17.9 Å². The molecule has 0 aromatic rings. The molecule has 0 unspecified atom stereocenters. The van der Waals surface area contributed by atoms with Crippen molar-refractivity contribution in [1.82, 2.24) is 9.80 Å². The van der Waals surface area contributed by atoms with E-state index < -0.39 is 9.84 Å². The van der Waals surface area contributed by atoms with Gasteiger partial charge in [0.05, 0.1) is 12.2 Å². The highest BCUT2D eigenvalue weighted by Crippen LogP contribution is 2.22. The van der Waals surface area contributed by atoms with Gasteiger partial charge in [0, 0.05) is 32.4 Å². The van der Waals surface area contributed by atoms with E-state index in [1.807, 2.05) is 0 Å². The maximum Gasteiger partial charge on any atom is 0.237 e. The summed E-state index contributed by atoms with van der Waals surface area (Å²) in [4.78, 5) is 16.1. The van der Waals surface area contributed by atoms with Crippen LogP contribution in [0.3, 0.4) is 0 Å². The molecule has 0 spiro atoms. The van der Waals surface area contributed by atoms with Crippen molar-refractivity contribution in [2.45, 2.75) is 45.3 Å². The Morgan fingerprint density at radius 2 is 1.70 bits per heavy atom. The van der Waals surface area contributed by atoms with Gasteiger partial charge in [-0.25, -0.2) is 8.42 Å². The number of ether oxygens (including phenoxy) is 1. The lowest BCUT2D eigenvalue weighted by Crippen LogP contribution is -2.46. The summed E-state index contributed by atoms with van der Waals surface area (Å²) in [6.45, 7) is 8.69. The number of amides is 1. The molecule has 0 radical (unpaired) electrons. The van der Waals surface area contributed by atoms with Crippen molar-refractivity contribution in [2.24, 2.45) is 5.92 Å². The van der Waals surface area contributed by atoms with Gasteiger partial charge in [0.25, 0.3) is 0 Å². The predicted octanol–water partition coefficient (Wildman–Crippen LogP) is 0.769. The third-order valence-corrected chi connectivity index (χ3v) is 5.47. The molecule has 6 nitrogen and oxygen atoms in total. The Balaban J connectivity index is 1.69. The molecule has 0 saturated carbocycles. The monoisotopic (exact) mass is 346 g/mol. The Morgan fingerprint density at radius 3 is 2.22 bits per heavy atom. The van der Waals surface area contributed by atoms with Crippen molar-refractivity contribution in [2.75, 3.05) is 44.7 Å². The summed E-state index contributed by atoms with van der Waals surface area (Å²) in [6.07, 6.45) is 4.81. The van der Waals surface area contributed by atoms with E-state index in [2.05, 4.69) is 18.7 Å². The quantitative estimate of drug-likeness (QED) is 0.736. The van der Waals surface area contributed by atoms with Crippen LogP contribution in [0.4, 0.5) is 0 Å². The molecule has 0 bridgehead atoms. The van der Waals surface area contributed by atoms with Gasteiger partial charge >= 0.3 is 0 Å². The molecule has 2 atom stereocenters. The summed E-state index contributed by atoms with van der Waals surface area (Å²) >= 11 is 0. The van der Waals surface area contributed by atoms with Gasteiger partial charge in [-0.3, -0.25) is 9.69 Å². The SMILES string of the molecule is C[C@@H]1CN(CCC2CCN(C(=O)CS(C)(=O)=O)CC2)C[C@H](C)O1. The topological polar surface area (TPSA) is 66.9 Å². The first-order valence-corrected chi connectivity index (χ1v) is 10.6. The minimum absolute atomic E-state index is 0.248. The van der Waals surface area contributed by atoms with E-state index in [0.29, 0.717) is 31.2 Å². The normalized spacial score (nSPS) is 28.0. The molecule has 23 heavy (non-hydrogen) atoms. The molecule has 134 valence electrons. The first-order valence-electron chi connectivity index (χ1n) is 8.56. The molecule has 0 aromatic carbocycles. The van der Waals surface area contributed by atoms with Gasteiger partial charge < -0.3 is 9.64 Å². The zero-order valence-corrected chi connectivity index (χ0v) is 15.3. The fourth-order valence-electron chi connectivity index (χ4n) is 3.62. The average Bonchev–Trinajstić information content (AvgIpc) is 2.43. The van der Waals surface area contributed by atoms with Gasteiger partial charge in [0.1, 0.15) is 5.75 Å². The van der Waals surface area contributed by atoms with Crippen LogP contribution in [0, 0.1) is 5.92 Å². The van der Waals surface area contributed by atoms with Gasteiger partial charge in [-0.1, -0.05) is 0 Å². The fourth-order valence-corrected chi connectivity index (χ4v) is 4.25. The third-order valence-electron chi connectivity index (χ3n) is 4.70. The summed E-state index contributed by atoms with van der Waals surface area (Å²) in [5.74, 6) is 0.0221. The average molecular weight is 346 g/mol. The fraction of sp³-hybridized carbons (Fsp3) is 0.938. The first kappa shape index (κ1) is 18.7. The minimum atomic E-state index is -3.23. The van der Waals surface area contributed by atoms with E-state index >= 15 is 0 Å². The first-order chi connectivity index (χ1) is 10.7.